The van der Waals surface area contributed by atoms with Crippen LogP contribution in [0.5, 0.6) is 0 Å². The number of aliphatic hydroxyl groups is 1. The largest absolute Gasteiger partial charge is 0.381 e. The second-order valence-corrected chi connectivity index (χ2v) is 5.95. The van der Waals surface area contributed by atoms with Crippen molar-refractivity contribution in [3.8, 4) is 0 Å². The van der Waals surface area contributed by atoms with Crippen LogP contribution in [0.15, 0.2) is 16.6 Å². The summed E-state index contributed by atoms with van der Waals surface area (Å²) in [6.45, 7) is 3.99. The fraction of sp³-hybridized carbons (Fsp3) is 0.364. The van der Waals surface area contributed by atoms with E-state index in [1.54, 1.807) is 16.0 Å². The minimum Gasteiger partial charge on any atom is -0.381 e. The third kappa shape index (κ3) is 2.07. The lowest BCUT2D eigenvalue weighted by Gasteiger charge is -2.05. The van der Waals surface area contributed by atoms with Gasteiger partial charge in [-0.1, -0.05) is 0 Å². The van der Waals surface area contributed by atoms with E-state index in [1.165, 1.54) is 4.88 Å². The highest BCUT2D eigenvalue weighted by Crippen LogP contribution is 2.35. The number of thiophene rings is 1. The monoisotopic (exact) mass is 300 g/mol. The van der Waals surface area contributed by atoms with E-state index in [9.17, 15) is 5.11 Å². The molecule has 3 nitrogen and oxygen atoms in total. The lowest BCUT2D eigenvalue weighted by Crippen LogP contribution is -2.00. The van der Waals surface area contributed by atoms with Gasteiger partial charge in [0.25, 0.3) is 0 Å². The normalized spacial score (nSPS) is 13.1. The van der Waals surface area contributed by atoms with Gasteiger partial charge in [-0.25, -0.2) is 0 Å². The van der Waals surface area contributed by atoms with Crippen LogP contribution in [-0.4, -0.2) is 14.9 Å². The molecule has 0 aliphatic rings. The van der Waals surface area contributed by atoms with Gasteiger partial charge < -0.3 is 5.11 Å². The molecular weight excluding hydrogens is 288 g/mol. The third-order valence-electron chi connectivity index (χ3n) is 2.50. The van der Waals surface area contributed by atoms with E-state index in [-0.39, 0.29) is 0 Å². The van der Waals surface area contributed by atoms with Crippen molar-refractivity contribution in [2.45, 2.75) is 20.0 Å². The van der Waals surface area contributed by atoms with Crippen LogP contribution in [0.2, 0.25) is 0 Å². The summed E-state index contributed by atoms with van der Waals surface area (Å²) in [4.78, 5) is 2.09. The Kier molecular flexibility index (Phi) is 3.19. The molecule has 2 aromatic heterocycles. The number of aryl methyl sites for hydroxylation is 3. The maximum absolute atomic E-state index is 10.2. The highest BCUT2D eigenvalue weighted by molar-refractivity contribution is 9.10. The summed E-state index contributed by atoms with van der Waals surface area (Å²) in [6.07, 6.45) is -0.645. The van der Waals surface area contributed by atoms with Gasteiger partial charge in [-0.05, 0) is 41.9 Å². The molecular formula is C11H13BrN2OS. The zero-order chi connectivity index (χ0) is 11.9. The van der Waals surface area contributed by atoms with E-state index in [2.05, 4.69) is 21.0 Å². The Morgan fingerprint density at radius 2 is 2.12 bits per heavy atom. The molecule has 5 heteroatoms. The molecule has 2 heterocycles. The molecule has 2 aromatic rings. The van der Waals surface area contributed by atoms with Crippen molar-refractivity contribution >= 4 is 27.3 Å². The molecule has 0 fully saturated rings. The van der Waals surface area contributed by atoms with Crippen LogP contribution in [0.4, 0.5) is 0 Å². The van der Waals surface area contributed by atoms with Crippen LogP contribution >= 0.6 is 27.3 Å². The van der Waals surface area contributed by atoms with E-state index in [0.717, 1.165) is 15.0 Å². The van der Waals surface area contributed by atoms with Crippen molar-refractivity contribution in [3.05, 3.63) is 37.7 Å². The molecule has 0 radical (unpaired) electrons. The predicted octanol–water partition coefficient (Wildman–Crippen LogP) is 2.94. The van der Waals surface area contributed by atoms with E-state index >= 15 is 0 Å². The van der Waals surface area contributed by atoms with Gasteiger partial charge in [0.15, 0.2) is 0 Å². The van der Waals surface area contributed by atoms with Crippen LogP contribution in [0, 0.1) is 13.8 Å². The average molecular weight is 301 g/mol. The average Bonchev–Trinajstić information content (AvgIpc) is 2.70. The minimum absolute atomic E-state index is 0.645. The van der Waals surface area contributed by atoms with Crippen molar-refractivity contribution in [1.82, 2.24) is 9.78 Å². The summed E-state index contributed by atoms with van der Waals surface area (Å²) >= 11 is 5.04. The van der Waals surface area contributed by atoms with Gasteiger partial charge in [-0.15, -0.1) is 11.3 Å². The van der Waals surface area contributed by atoms with Crippen LogP contribution in [0.25, 0.3) is 0 Å². The molecule has 86 valence electrons. The summed E-state index contributed by atoms with van der Waals surface area (Å²) in [5, 5.41) is 14.5. The van der Waals surface area contributed by atoms with Gasteiger partial charge >= 0.3 is 0 Å². The second kappa shape index (κ2) is 4.31. The molecule has 0 saturated heterocycles. The molecule has 0 aromatic carbocycles. The first-order valence-corrected chi connectivity index (χ1v) is 6.54. The van der Waals surface area contributed by atoms with Crippen LogP contribution < -0.4 is 0 Å². The standard InChI is InChI=1S/C11H13BrN2OS/c1-6-4-9(13-14(6)3)10(15)11-8(12)5-7(2)16-11/h4-5,10,15H,1-3H3/t10-/m0/s1. The smallest absolute Gasteiger partial charge is 0.133 e. The highest BCUT2D eigenvalue weighted by atomic mass is 79.9. The lowest BCUT2D eigenvalue weighted by molar-refractivity contribution is 0.217. The Labute approximate surface area is 107 Å². The maximum atomic E-state index is 10.2. The fourth-order valence-electron chi connectivity index (χ4n) is 1.54. The Morgan fingerprint density at radius 1 is 1.44 bits per heavy atom. The number of halogens is 1. The first kappa shape index (κ1) is 11.8. The highest BCUT2D eigenvalue weighted by Gasteiger charge is 2.19. The zero-order valence-corrected chi connectivity index (χ0v) is 11.8. The molecule has 0 bridgehead atoms. The van der Waals surface area contributed by atoms with Gasteiger partial charge in [-0.3, -0.25) is 4.68 Å². The van der Waals surface area contributed by atoms with E-state index in [1.807, 2.05) is 33.0 Å². The van der Waals surface area contributed by atoms with Gasteiger partial charge in [0.05, 0.1) is 10.6 Å². The first-order chi connectivity index (χ1) is 7.49. The van der Waals surface area contributed by atoms with Crippen molar-refractivity contribution in [2.75, 3.05) is 0 Å². The predicted molar refractivity (Wildman–Crippen MR) is 68.8 cm³/mol. The summed E-state index contributed by atoms with van der Waals surface area (Å²) < 4.78 is 2.72. The SMILES string of the molecule is Cc1cc(Br)c([C@@H](O)c2cc(C)n(C)n2)s1. The third-order valence-corrected chi connectivity index (χ3v) is 4.52. The number of aromatic nitrogens is 2. The van der Waals surface area contributed by atoms with E-state index in [0.29, 0.717) is 5.69 Å². The van der Waals surface area contributed by atoms with Gasteiger partial charge in [-0.2, -0.15) is 5.10 Å². The number of hydrogen-bond donors (Lipinski definition) is 1. The van der Waals surface area contributed by atoms with Gasteiger partial charge in [0, 0.05) is 22.1 Å². The molecule has 16 heavy (non-hydrogen) atoms. The molecule has 2 rings (SSSR count). The van der Waals surface area contributed by atoms with Crippen LogP contribution in [-0.2, 0) is 7.05 Å². The van der Waals surface area contributed by atoms with E-state index in [4.69, 9.17) is 0 Å². The number of aliphatic hydroxyl groups excluding tert-OH is 1. The first-order valence-electron chi connectivity index (χ1n) is 4.93. The number of rotatable bonds is 2. The quantitative estimate of drug-likeness (QED) is 0.926. The van der Waals surface area contributed by atoms with Crippen molar-refractivity contribution < 1.29 is 5.11 Å². The molecule has 1 atom stereocenters. The second-order valence-electron chi connectivity index (χ2n) is 3.81. The molecule has 0 aliphatic carbocycles. The van der Waals surface area contributed by atoms with Crippen molar-refractivity contribution in [1.29, 1.82) is 0 Å². The zero-order valence-electron chi connectivity index (χ0n) is 9.36. The molecule has 0 spiro atoms. The maximum Gasteiger partial charge on any atom is 0.133 e. The summed E-state index contributed by atoms with van der Waals surface area (Å²) in [5.41, 5.74) is 1.74. The molecule has 0 unspecified atom stereocenters. The van der Waals surface area contributed by atoms with Crippen molar-refractivity contribution in [2.24, 2.45) is 7.05 Å². The summed E-state index contributed by atoms with van der Waals surface area (Å²) in [6, 6.07) is 3.92. The Bertz CT molecular complexity index is 499. The molecule has 0 aliphatic heterocycles. The van der Waals surface area contributed by atoms with Crippen LogP contribution in [0.1, 0.15) is 27.2 Å². The fourth-order valence-corrected chi connectivity index (χ4v) is 3.41. The lowest BCUT2D eigenvalue weighted by atomic mass is 10.2. The molecule has 0 amide bonds. The van der Waals surface area contributed by atoms with E-state index < -0.39 is 6.10 Å². The number of nitrogens with zero attached hydrogens (tertiary/aromatic N) is 2. The molecule has 1 N–H and O–H groups in total. The summed E-state index contributed by atoms with van der Waals surface area (Å²) in [7, 11) is 1.88. The molecule has 0 saturated carbocycles. The van der Waals surface area contributed by atoms with Gasteiger partial charge in [0.1, 0.15) is 6.10 Å². The minimum atomic E-state index is -0.645. The van der Waals surface area contributed by atoms with Crippen LogP contribution in [0.3, 0.4) is 0 Å². The van der Waals surface area contributed by atoms with Crippen molar-refractivity contribution in [3.63, 3.8) is 0 Å². The summed E-state index contributed by atoms with van der Waals surface area (Å²) in [5.74, 6) is 0. The van der Waals surface area contributed by atoms with Gasteiger partial charge in [0.2, 0.25) is 0 Å². The topological polar surface area (TPSA) is 38.0 Å². The number of hydrogen-bond acceptors (Lipinski definition) is 3. The Hall–Kier alpha value is -0.650. The Balaban J connectivity index is 2.38. The Morgan fingerprint density at radius 3 is 2.56 bits per heavy atom.